The number of anilines is 1. The average molecular weight is 377 g/mol. The lowest BCUT2D eigenvalue weighted by Crippen LogP contribution is -2.44. The number of nitrogens with one attached hydrogen (secondary N) is 1. The van der Waals surface area contributed by atoms with E-state index in [2.05, 4.69) is 27.1 Å². The summed E-state index contributed by atoms with van der Waals surface area (Å²) in [4.78, 5) is 21.1. The highest BCUT2D eigenvalue weighted by Crippen LogP contribution is 2.19. The second-order valence-electron chi connectivity index (χ2n) is 6.47. The van der Waals surface area contributed by atoms with Crippen LogP contribution in [0.3, 0.4) is 0 Å². The fraction of sp³-hybridized carbons (Fsp3) is 0.368. The number of rotatable bonds is 5. The lowest BCUT2D eigenvalue weighted by molar-refractivity contribution is -0.120. The standard InChI is InChI=1S/C19H22ClFN4O/c1-24-7-9-25(10-8-24)18-6-5-14(12-22-18)13-23-19(26)11-15-16(20)3-2-4-17(15)21/h2-6,12H,7-11,13H2,1H3,(H,23,26). The minimum absolute atomic E-state index is 0.0850. The Labute approximate surface area is 157 Å². The molecule has 1 aromatic heterocycles. The number of pyridine rings is 1. The van der Waals surface area contributed by atoms with Crippen molar-refractivity contribution >= 4 is 23.3 Å². The molecule has 0 radical (unpaired) electrons. The summed E-state index contributed by atoms with van der Waals surface area (Å²) in [5, 5.41) is 3.04. The van der Waals surface area contributed by atoms with E-state index in [4.69, 9.17) is 11.6 Å². The van der Waals surface area contributed by atoms with Crippen LogP contribution in [0.4, 0.5) is 10.2 Å². The van der Waals surface area contributed by atoms with Gasteiger partial charge in [-0.3, -0.25) is 4.79 Å². The fourth-order valence-corrected chi connectivity index (χ4v) is 3.10. The number of benzene rings is 1. The van der Waals surface area contributed by atoms with Crippen LogP contribution in [-0.2, 0) is 17.8 Å². The van der Waals surface area contributed by atoms with E-state index in [-0.39, 0.29) is 22.9 Å². The van der Waals surface area contributed by atoms with Crippen molar-refractivity contribution in [1.29, 1.82) is 0 Å². The number of aromatic nitrogens is 1. The van der Waals surface area contributed by atoms with Gasteiger partial charge in [-0.1, -0.05) is 23.7 Å². The normalized spacial score (nSPS) is 15.1. The molecular weight excluding hydrogens is 355 g/mol. The van der Waals surface area contributed by atoms with Gasteiger partial charge in [-0.2, -0.15) is 0 Å². The van der Waals surface area contributed by atoms with E-state index >= 15 is 0 Å². The Balaban J connectivity index is 1.52. The molecule has 1 aliphatic rings. The lowest BCUT2D eigenvalue weighted by Gasteiger charge is -2.33. The maximum atomic E-state index is 13.7. The van der Waals surface area contributed by atoms with Crippen LogP contribution in [0, 0.1) is 5.82 Å². The molecule has 1 aliphatic heterocycles. The van der Waals surface area contributed by atoms with Crippen LogP contribution in [0.1, 0.15) is 11.1 Å². The molecule has 0 saturated carbocycles. The van der Waals surface area contributed by atoms with Crippen LogP contribution in [0.25, 0.3) is 0 Å². The zero-order chi connectivity index (χ0) is 18.5. The third-order valence-corrected chi connectivity index (χ3v) is 4.88. The molecular formula is C19H22ClFN4O. The topological polar surface area (TPSA) is 48.5 Å². The maximum Gasteiger partial charge on any atom is 0.224 e. The number of hydrogen-bond acceptors (Lipinski definition) is 4. The summed E-state index contributed by atoms with van der Waals surface area (Å²) in [6.45, 7) is 4.32. The molecule has 0 bridgehead atoms. The molecule has 0 spiro atoms. The van der Waals surface area contributed by atoms with Gasteiger partial charge in [0.1, 0.15) is 11.6 Å². The molecule has 1 saturated heterocycles. The van der Waals surface area contributed by atoms with E-state index in [0.29, 0.717) is 6.54 Å². The van der Waals surface area contributed by atoms with Crippen molar-refractivity contribution in [2.75, 3.05) is 38.1 Å². The monoisotopic (exact) mass is 376 g/mol. The SMILES string of the molecule is CN1CCN(c2ccc(CNC(=O)Cc3c(F)cccc3Cl)cn2)CC1. The Morgan fingerprint density at radius 1 is 1.23 bits per heavy atom. The number of carbonyl (C=O) groups is 1. The predicted octanol–water partition coefficient (Wildman–Crippen LogP) is 2.48. The highest BCUT2D eigenvalue weighted by molar-refractivity contribution is 6.31. The van der Waals surface area contributed by atoms with Crippen molar-refractivity contribution in [3.63, 3.8) is 0 Å². The van der Waals surface area contributed by atoms with E-state index in [0.717, 1.165) is 37.6 Å². The van der Waals surface area contributed by atoms with E-state index in [1.54, 1.807) is 12.3 Å². The van der Waals surface area contributed by atoms with Gasteiger partial charge in [-0.15, -0.1) is 0 Å². The van der Waals surface area contributed by atoms with Crippen molar-refractivity contribution in [3.8, 4) is 0 Å². The number of piperazine rings is 1. The summed E-state index contributed by atoms with van der Waals surface area (Å²) < 4.78 is 13.7. The Morgan fingerprint density at radius 3 is 2.65 bits per heavy atom. The Bertz CT molecular complexity index is 740. The summed E-state index contributed by atoms with van der Waals surface area (Å²) in [6.07, 6.45) is 1.68. The van der Waals surface area contributed by atoms with Gasteiger partial charge >= 0.3 is 0 Å². The molecule has 0 aliphatic carbocycles. The van der Waals surface area contributed by atoms with Gasteiger partial charge in [0.2, 0.25) is 5.91 Å². The van der Waals surface area contributed by atoms with E-state index in [1.807, 2.05) is 12.1 Å². The molecule has 5 nitrogen and oxygen atoms in total. The highest BCUT2D eigenvalue weighted by Gasteiger charge is 2.15. The first kappa shape index (κ1) is 18.6. The third-order valence-electron chi connectivity index (χ3n) is 4.53. The molecule has 138 valence electrons. The maximum absolute atomic E-state index is 13.7. The van der Waals surface area contributed by atoms with Gasteiger partial charge < -0.3 is 15.1 Å². The summed E-state index contributed by atoms with van der Waals surface area (Å²) in [7, 11) is 2.12. The molecule has 3 rings (SSSR count). The van der Waals surface area contributed by atoms with Crippen molar-refractivity contribution in [3.05, 3.63) is 58.5 Å². The van der Waals surface area contributed by atoms with Crippen LogP contribution in [0.2, 0.25) is 5.02 Å². The summed E-state index contributed by atoms with van der Waals surface area (Å²) in [5.74, 6) is 0.206. The van der Waals surface area contributed by atoms with E-state index in [9.17, 15) is 9.18 Å². The largest absolute Gasteiger partial charge is 0.354 e. The van der Waals surface area contributed by atoms with E-state index in [1.165, 1.54) is 12.1 Å². The van der Waals surface area contributed by atoms with Gasteiger partial charge in [0, 0.05) is 49.5 Å². The second-order valence-corrected chi connectivity index (χ2v) is 6.88. The first-order chi connectivity index (χ1) is 12.5. The molecule has 1 fully saturated rings. The summed E-state index contributed by atoms with van der Waals surface area (Å²) in [5.41, 5.74) is 1.12. The summed E-state index contributed by atoms with van der Waals surface area (Å²) >= 11 is 5.95. The minimum atomic E-state index is -0.467. The summed E-state index contributed by atoms with van der Waals surface area (Å²) in [6, 6.07) is 8.33. The number of likely N-dealkylation sites (N-methyl/N-ethyl adjacent to an activating group) is 1. The van der Waals surface area contributed by atoms with Gasteiger partial charge in [0.15, 0.2) is 0 Å². The van der Waals surface area contributed by atoms with Crippen molar-refractivity contribution < 1.29 is 9.18 Å². The molecule has 2 aromatic rings. The van der Waals surface area contributed by atoms with Gasteiger partial charge in [-0.25, -0.2) is 9.37 Å². The zero-order valence-electron chi connectivity index (χ0n) is 14.7. The predicted molar refractivity (Wildman–Crippen MR) is 101 cm³/mol. The number of carbonyl (C=O) groups excluding carboxylic acids is 1. The fourth-order valence-electron chi connectivity index (χ4n) is 2.87. The molecule has 2 heterocycles. The minimum Gasteiger partial charge on any atom is -0.354 e. The van der Waals surface area contributed by atoms with Crippen LogP contribution >= 0.6 is 11.6 Å². The average Bonchev–Trinajstić information content (AvgIpc) is 2.64. The smallest absolute Gasteiger partial charge is 0.224 e. The number of hydrogen-bond donors (Lipinski definition) is 1. The number of halogens is 2. The van der Waals surface area contributed by atoms with Crippen LogP contribution in [0.5, 0.6) is 0 Å². The molecule has 26 heavy (non-hydrogen) atoms. The van der Waals surface area contributed by atoms with Gasteiger partial charge in [0.05, 0.1) is 6.42 Å². The van der Waals surface area contributed by atoms with Crippen molar-refractivity contribution in [1.82, 2.24) is 15.2 Å². The Hall–Kier alpha value is -2.18. The first-order valence-corrected chi connectivity index (χ1v) is 8.99. The molecule has 1 aromatic carbocycles. The molecule has 7 heteroatoms. The van der Waals surface area contributed by atoms with Crippen molar-refractivity contribution in [2.24, 2.45) is 0 Å². The number of nitrogens with zero attached hydrogens (tertiary/aromatic N) is 3. The quantitative estimate of drug-likeness (QED) is 0.871. The van der Waals surface area contributed by atoms with Crippen LogP contribution < -0.4 is 10.2 Å². The number of amides is 1. The lowest BCUT2D eigenvalue weighted by atomic mass is 10.1. The second kappa shape index (κ2) is 8.47. The van der Waals surface area contributed by atoms with Crippen LogP contribution in [0.15, 0.2) is 36.5 Å². The van der Waals surface area contributed by atoms with Crippen molar-refractivity contribution in [2.45, 2.75) is 13.0 Å². The van der Waals surface area contributed by atoms with E-state index < -0.39 is 5.82 Å². The van der Waals surface area contributed by atoms with Crippen LogP contribution in [-0.4, -0.2) is 49.0 Å². The van der Waals surface area contributed by atoms with Gasteiger partial charge in [0.25, 0.3) is 0 Å². The Kier molecular flexibility index (Phi) is 6.06. The first-order valence-electron chi connectivity index (χ1n) is 8.61. The zero-order valence-corrected chi connectivity index (χ0v) is 15.5. The molecule has 0 unspecified atom stereocenters. The Morgan fingerprint density at radius 2 is 2.00 bits per heavy atom. The van der Waals surface area contributed by atoms with Gasteiger partial charge in [-0.05, 0) is 30.8 Å². The highest BCUT2D eigenvalue weighted by atomic mass is 35.5. The molecule has 1 amide bonds. The third kappa shape index (κ3) is 4.71. The molecule has 0 atom stereocenters. The molecule has 1 N–H and O–H groups in total.